The van der Waals surface area contributed by atoms with E-state index in [-0.39, 0.29) is 5.56 Å². The van der Waals surface area contributed by atoms with Crippen molar-refractivity contribution in [2.45, 2.75) is 32.2 Å². The Labute approximate surface area is 99.2 Å². The minimum absolute atomic E-state index is 0.0518. The van der Waals surface area contributed by atoms with E-state index in [4.69, 9.17) is 0 Å². The molecule has 1 N–H and O–H groups in total. The molecule has 4 heteroatoms. The van der Waals surface area contributed by atoms with Gasteiger partial charge < -0.3 is 9.67 Å². The molecule has 1 aromatic rings. The van der Waals surface area contributed by atoms with Crippen LogP contribution >= 0.6 is 0 Å². The molecule has 0 saturated heterocycles. The first-order valence-corrected chi connectivity index (χ1v) is 5.74. The van der Waals surface area contributed by atoms with Gasteiger partial charge in [0.05, 0.1) is 0 Å². The molecule has 0 bridgehead atoms. The van der Waals surface area contributed by atoms with Crippen molar-refractivity contribution in [3.8, 4) is 0 Å². The van der Waals surface area contributed by atoms with Gasteiger partial charge in [0.25, 0.3) is 5.56 Å². The maximum Gasteiger partial charge on any atom is 0.341 e. The molecule has 0 atom stereocenters. The van der Waals surface area contributed by atoms with Crippen molar-refractivity contribution in [1.82, 2.24) is 4.57 Å². The number of hydrogen-bond donors (Lipinski definition) is 1. The zero-order chi connectivity index (χ0) is 12.4. The summed E-state index contributed by atoms with van der Waals surface area (Å²) in [6, 6.07) is 0. The largest absolute Gasteiger partial charge is 0.477 e. The predicted octanol–water partition coefficient (Wildman–Crippen LogP) is 1.61. The van der Waals surface area contributed by atoms with Gasteiger partial charge in [0.1, 0.15) is 5.56 Å². The smallest absolute Gasteiger partial charge is 0.341 e. The third-order valence-corrected chi connectivity index (χ3v) is 3.14. The van der Waals surface area contributed by atoms with Crippen LogP contribution in [-0.4, -0.2) is 15.6 Å². The topological polar surface area (TPSA) is 59.3 Å². The zero-order valence-corrected chi connectivity index (χ0v) is 9.61. The first-order valence-electron chi connectivity index (χ1n) is 5.74. The third-order valence-electron chi connectivity index (χ3n) is 3.14. The van der Waals surface area contributed by atoms with E-state index in [0.29, 0.717) is 13.0 Å². The molecule has 0 saturated carbocycles. The molecule has 2 rings (SSSR count). The van der Waals surface area contributed by atoms with Gasteiger partial charge in [-0.1, -0.05) is 6.08 Å². The highest BCUT2D eigenvalue weighted by Crippen LogP contribution is 2.22. The zero-order valence-electron chi connectivity index (χ0n) is 9.61. The number of aromatic nitrogens is 1. The van der Waals surface area contributed by atoms with Crippen LogP contribution in [-0.2, 0) is 19.4 Å². The summed E-state index contributed by atoms with van der Waals surface area (Å²) in [4.78, 5) is 23.2. The quantitative estimate of drug-likeness (QED) is 0.807. The van der Waals surface area contributed by atoms with Crippen LogP contribution in [0, 0.1) is 0 Å². The van der Waals surface area contributed by atoms with Crippen molar-refractivity contribution >= 4 is 5.97 Å². The van der Waals surface area contributed by atoms with E-state index in [2.05, 4.69) is 6.58 Å². The first-order chi connectivity index (χ1) is 8.15. The number of rotatable bonds is 3. The molecule has 0 spiro atoms. The molecule has 1 aliphatic carbocycles. The molecule has 0 amide bonds. The van der Waals surface area contributed by atoms with E-state index in [1.54, 1.807) is 12.3 Å². The van der Waals surface area contributed by atoms with Crippen molar-refractivity contribution in [3.63, 3.8) is 0 Å². The van der Waals surface area contributed by atoms with Gasteiger partial charge in [0, 0.05) is 12.7 Å². The molecule has 0 unspecified atom stereocenters. The summed E-state index contributed by atoms with van der Waals surface area (Å²) < 4.78 is 1.43. The maximum atomic E-state index is 12.0. The van der Waals surface area contributed by atoms with Gasteiger partial charge in [-0.05, 0) is 36.8 Å². The Balaban J connectivity index is 2.68. The minimum Gasteiger partial charge on any atom is -0.477 e. The van der Waals surface area contributed by atoms with Gasteiger partial charge >= 0.3 is 5.97 Å². The molecule has 1 aromatic heterocycles. The number of aromatic carboxylic acids is 1. The van der Waals surface area contributed by atoms with E-state index in [9.17, 15) is 14.7 Å². The fourth-order valence-electron chi connectivity index (χ4n) is 2.37. The monoisotopic (exact) mass is 233 g/mol. The van der Waals surface area contributed by atoms with E-state index in [1.165, 1.54) is 4.57 Å². The van der Waals surface area contributed by atoms with E-state index in [1.807, 2.05) is 0 Å². The SMILES string of the molecule is C=CCn1cc2c(c(C(=O)O)c1=O)CCCC2. The summed E-state index contributed by atoms with van der Waals surface area (Å²) in [5, 5.41) is 9.18. The van der Waals surface area contributed by atoms with Crippen LogP contribution in [0.15, 0.2) is 23.6 Å². The van der Waals surface area contributed by atoms with Crippen LogP contribution in [0.1, 0.15) is 34.3 Å². The highest BCUT2D eigenvalue weighted by atomic mass is 16.4. The van der Waals surface area contributed by atoms with Crippen LogP contribution < -0.4 is 5.56 Å². The van der Waals surface area contributed by atoms with Crippen molar-refractivity contribution in [3.05, 3.63) is 45.9 Å². The van der Waals surface area contributed by atoms with Crippen LogP contribution in [0.3, 0.4) is 0 Å². The van der Waals surface area contributed by atoms with Gasteiger partial charge in [-0.25, -0.2) is 4.79 Å². The average molecular weight is 233 g/mol. The molecule has 0 aromatic carbocycles. The number of aryl methyl sites for hydroxylation is 1. The lowest BCUT2D eigenvalue weighted by Gasteiger charge is -2.19. The van der Waals surface area contributed by atoms with Gasteiger partial charge in [-0.3, -0.25) is 4.79 Å². The first kappa shape index (κ1) is 11.6. The standard InChI is InChI=1S/C13H15NO3/c1-2-7-14-8-9-5-3-4-6-10(9)11(12(14)15)13(16)17/h2,8H,1,3-7H2,(H,16,17). The highest BCUT2D eigenvalue weighted by molar-refractivity contribution is 5.89. The molecule has 0 radical (unpaired) electrons. The molecule has 1 heterocycles. The normalized spacial score (nSPS) is 14.1. The molecule has 1 aliphatic rings. The highest BCUT2D eigenvalue weighted by Gasteiger charge is 2.22. The molecule has 17 heavy (non-hydrogen) atoms. The van der Waals surface area contributed by atoms with E-state index in [0.717, 1.165) is 30.4 Å². The van der Waals surface area contributed by atoms with Gasteiger partial charge in [0.15, 0.2) is 0 Å². The summed E-state index contributed by atoms with van der Waals surface area (Å²) in [6.07, 6.45) is 6.94. The second-order valence-corrected chi connectivity index (χ2v) is 4.27. The number of fused-ring (bicyclic) bond motifs is 1. The third kappa shape index (κ3) is 2.02. The van der Waals surface area contributed by atoms with Crippen LogP contribution in [0.25, 0.3) is 0 Å². The summed E-state index contributed by atoms with van der Waals surface area (Å²) in [7, 11) is 0. The number of carbonyl (C=O) groups is 1. The van der Waals surface area contributed by atoms with Gasteiger partial charge in [-0.2, -0.15) is 0 Å². The Bertz CT molecular complexity index is 528. The lowest BCUT2D eigenvalue weighted by Crippen LogP contribution is -2.30. The van der Waals surface area contributed by atoms with Crippen molar-refractivity contribution in [2.24, 2.45) is 0 Å². The molecule has 0 aliphatic heterocycles. The lowest BCUT2D eigenvalue weighted by atomic mass is 9.90. The Morgan fingerprint density at radius 3 is 2.82 bits per heavy atom. The number of pyridine rings is 1. The number of allylic oxidation sites excluding steroid dienone is 1. The lowest BCUT2D eigenvalue weighted by molar-refractivity contribution is 0.0692. The van der Waals surface area contributed by atoms with Crippen LogP contribution in [0.5, 0.6) is 0 Å². The van der Waals surface area contributed by atoms with Crippen molar-refractivity contribution in [2.75, 3.05) is 0 Å². The van der Waals surface area contributed by atoms with Crippen LogP contribution in [0.2, 0.25) is 0 Å². The van der Waals surface area contributed by atoms with Gasteiger partial charge in [-0.15, -0.1) is 6.58 Å². The minimum atomic E-state index is -1.12. The predicted molar refractivity (Wildman–Crippen MR) is 64.5 cm³/mol. The summed E-state index contributed by atoms with van der Waals surface area (Å²) in [6.45, 7) is 3.93. The number of carboxylic acids is 1. The molecular formula is C13H15NO3. The second-order valence-electron chi connectivity index (χ2n) is 4.27. The average Bonchev–Trinajstić information content (AvgIpc) is 2.30. The summed E-state index contributed by atoms with van der Waals surface area (Å²) >= 11 is 0. The number of nitrogens with zero attached hydrogens (tertiary/aromatic N) is 1. The molecule has 0 fully saturated rings. The van der Waals surface area contributed by atoms with E-state index < -0.39 is 11.5 Å². The summed E-state index contributed by atoms with van der Waals surface area (Å²) in [5.74, 6) is -1.12. The number of hydrogen-bond acceptors (Lipinski definition) is 2. The van der Waals surface area contributed by atoms with Gasteiger partial charge in [0.2, 0.25) is 0 Å². The molecule has 90 valence electrons. The van der Waals surface area contributed by atoms with Crippen molar-refractivity contribution < 1.29 is 9.90 Å². The van der Waals surface area contributed by atoms with Crippen LogP contribution in [0.4, 0.5) is 0 Å². The maximum absolute atomic E-state index is 12.0. The number of carboxylic acid groups (broad SMARTS) is 1. The second kappa shape index (κ2) is 4.57. The Morgan fingerprint density at radius 1 is 1.47 bits per heavy atom. The Morgan fingerprint density at radius 2 is 2.18 bits per heavy atom. The Kier molecular flexibility index (Phi) is 3.13. The fourth-order valence-corrected chi connectivity index (χ4v) is 2.37. The fraction of sp³-hybridized carbons (Fsp3) is 0.385. The van der Waals surface area contributed by atoms with Crippen molar-refractivity contribution in [1.29, 1.82) is 0 Å². The molecular weight excluding hydrogens is 218 g/mol. The Hall–Kier alpha value is -1.84. The summed E-state index contributed by atoms with van der Waals surface area (Å²) in [5.41, 5.74) is 1.26. The molecule has 4 nitrogen and oxygen atoms in total. The van der Waals surface area contributed by atoms with E-state index >= 15 is 0 Å².